The highest BCUT2D eigenvalue weighted by Gasteiger charge is 2.47. The Morgan fingerprint density at radius 3 is 2.37 bits per heavy atom. The van der Waals surface area contributed by atoms with E-state index >= 15 is 0 Å². The third-order valence-corrected chi connectivity index (χ3v) is 5.35. The second-order valence-corrected chi connectivity index (χ2v) is 7.60. The number of benzene rings is 1. The average Bonchev–Trinajstić information content (AvgIpc) is 2.74. The van der Waals surface area contributed by atoms with Gasteiger partial charge in [0.25, 0.3) is 0 Å². The third kappa shape index (κ3) is 5.78. The van der Waals surface area contributed by atoms with E-state index in [9.17, 15) is 30.3 Å². The molecule has 1 aromatic carbocycles. The third-order valence-electron chi connectivity index (χ3n) is 5.35. The Balaban J connectivity index is 1.67. The molecule has 1 saturated heterocycles. The van der Waals surface area contributed by atoms with Crippen LogP contribution in [0.3, 0.4) is 0 Å². The van der Waals surface area contributed by atoms with Crippen LogP contribution in [0, 0.1) is 0 Å². The minimum absolute atomic E-state index is 0.0971. The summed E-state index contributed by atoms with van der Waals surface area (Å²) in [7, 11) is 0. The molecule has 0 bridgehead atoms. The van der Waals surface area contributed by atoms with E-state index < -0.39 is 43.3 Å². The fourth-order valence-corrected chi connectivity index (χ4v) is 3.59. The zero-order valence-electron chi connectivity index (χ0n) is 16.4. The van der Waals surface area contributed by atoms with Crippen molar-refractivity contribution in [1.29, 1.82) is 0 Å². The molecule has 1 saturated carbocycles. The van der Waals surface area contributed by atoms with E-state index in [1.54, 1.807) is 12.1 Å². The first-order valence-electron chi connectivity index (χ1n) is 10.0. The van der Waals surface area contributed by atoms with Crippen molar-refractivity contribution in [2.24, 2.45) is 0 Å². The molecule has 0 unspecified atom stereocenters. The highest BCUT2D eigenvalue weighted by molar-refractivity contribution is 5.87. The van der Waals surface area contributed by atoms with E-state index in [1.165, 1.54) is 18.2 Å². The van der Waals surface area contributed by atoms with Gasteiger partial charge in [-0.25, -0.2) is 4.79 Å². The molecule has 166 valence electrons. The lowest BCUT2D eigenvalue weighted by Gasteiger charge is -2.42. The predicted octanol–water partition coefficient (Wildman–Crippen LogP) is 0.0763. The van der Waals surface area contributed by atoms with E-state index in [1.807, 2.05) is 0 Å². The normalized spacial score (nSPS) is 34.7. The Labute approximate surface area is 174 Å². The van der Waals surface area contributed by atoms with E-state index in [2.05, 4.69) is 0 Å². The maximum absolute atomic E-state index is 12.3. The number of rotatable bonds is 6. The molecule has 1 aromatic rings. The van der Waals surface area contributed by atoms with Crippen molar-refractivity contribution < 1.29 is 44.5 Å². The molecule has 5 atom stereocenters. The summed E-state index contributed by atoms with van der Waals surface area (Å²) in [6.45, 7) is -0.539. The molecule has 1 aliphatic carbocycles. The predicted molar refractivity (Wildman–Crippen MR) is 104 cm³/mol. The van der Waals surface area contributed by atoms with Crippen molar-refractivity contribution >= 4 is 12.0 Å². The molecule has 0 aromatic heterocycles. The fraction of sp³-hybridized carbons (Fsp3) is 0.571. The van der Waals surface area contributed by atoms with Gasteiger partial charge >= 0.3 is 5.97 Å². The van der Waals surface area contributed by atoms with Crippen LogP contribution in [0.25, 0.3) is 6.08 Å². The highest BCUT2D eigenvalue weighted by atomic mass is 16.7. The van der Waals surface area contributed by atoms with Crippen molar-refractivity contribution in [3.05, 3.63) is 35.9 Å². The van der Waals surface area contributed by atoms with E-state index in [0.29, 0.717) is 31.2 Å². The lowest BCUT2D eigenvalue weighted by atomic mass is 9.94. The molecule has 30 heavy (non-hydrogen) atoms. The summed E-state index contributed by atoms with van der Waals surface area (Å²) in [6.07, 6.45) is -2.28. The molecular weight excluding hydrogens is 396 g/mol. The van der Waals surface area contributed by atoms with Crippen LogP contribution in [0.1, 0.15) is 31.2 Å². The van der Waals surface area contributed by atoms with Crippen LogP contribution in [0.15, 0.2) is 30.3 Å². The van der Waals surface area contributed by atoms with Crippen LogP contribution in [0.4, 0.5) is 0 Å². The van der Waals surface area contributed by atoms with Gasteiger partial charge in [-0.05, 0) is 49.5 Å². The maximum atomic E-state index is 12.3. The van der Waals surface area contributed by atoms with Gasteiger partial charge < -0.3 is 39.7 Å². The van der Waals surface area contributed by atoms with Crippen LogP contribution in [0.5, 0.6) is 5.75 Å². The molecule has 2 fully saturated rings. The zero-order chi connectivity index (χ0) is 21.7. The molecule has 3 rings (SSSR count). The van der Waals surface area contributed by atoms with Crippen molar-refractivity contribution in [1.82, 2.24) is 0 Å². The summed E-state index contributed by atoms with van der Waals surface area (Å²) in [4.78, 5) is 12.3. The first-order chi connectivity index (χ1) is 14.4. The molecule has 9 nitrogen and oxygen atoms in total. The molecule has 2 aliphatic rings. The Kier molecular flexibility index (Phi) is 7.81. The number of hydrogen-bond donors (Lipinski definition) is 5. The van der Waals surface area contributed by atoms with Gasteiger partial charge in [-0.15, -0.1) is 0 Å². The second-order valence-electron chi connectivity index (χ2n) is 7.60. The minimum atomic E-state index is -1.51. The van der Waals surface area contributed by atoms with Gasteiger partial charge in [-0.3, -0.25) is 0 Å². The molecule has 5 N–H and O–H groups in total. The van der Waals surface area contributed by atoms with Crippen LogP contribution in [-0.4, -0.2) is 81.0 Å². The quantitative estimate of drug-likeness (QED) is 0.316. The van der Waals surface area contributed by atoms with Gasteiger partial charge in [0.05, 0.1) is 18.8 Å². The van der Waals surface area contributed by atoms with E-state index in [4.69, 9.17) is 14.2 Å². The molecule has 1 aliphatic heterocycles. The van der Waals surface area contributed by atoms with Gasteiger partial charge in [-0.2, -0.15) is 0 Å². The van der Waals surface area contributed by atoms with Crippen LogP contribution >= 0.6 is 0 Å². The van der Waals surface area contributed by atoms with Crippen molar-refractivity contribution in [2.45, 2.75) is 68.6 Å². The van der Waals surface area contributed by atoms with E-state index in [0.717, 1.165) is 6.08 Å². The molecular formula is C21H28O9. The first kappa shape index (κ1) is 22.7. The molecule has 0 amide bonds. The number of hydrogen-bond acceptors (Lipinski definition) is 9. The Hall–Kier alpha value is -2.01. The van der Waals surface area contributed by atoms with Gasteiger partial charge in [0.2, 0.25) is 0 Å². The largest absolute Gasteiger partial charge is 0.508 e. The summed E-state index contributed by atoms with van der Waals surface area (Å²) in [5.41, 5.74) is 0.652. The summed E-state index contributed by atoms with van der Waals surface area (Å²) in [5.74, 6) is -0.683. The number of phenols is 1. The molecule has 0 spiro atoms. The molecule has 1 heterocycles. The van der Waals surface area contributed by atoms with Crippen molar-refractivity contribution in [3.8, 4) is 5.75 Å². The van der Waals surface area contributed by atoms with Crippen LogP contribution < -0.4 is 0 Å². The van der Waals surface area contributed by atoms with E-state index in [-0.39, 0.29) is 18.0 Å². The number of ether oxygens (including phenoxy) is 3. The lowest BCUT2D eigenvalue weighted by Crippen LogP contribution is -2.61. The summed E-state index contributed by atoms with van der Waals surface area (Å²) in [6, 6.07) is 6.16. The Morgan fingerprint density at radius 2 is 1.73 bits per heavy atom. The summed E-state index contributed by atoms with van der Waals surface area (Å²) >= 11 is 0. The fourth-order valence-electron chi connectivity index (χ4n) is 3.59. The monoisotopic (exact) mass is 424 g/mol. The average molecular weight is 424 g/mol. The number of aliphatic hydroxyl groups excluding tert-OH is 4. The zero-order valence-corrected chi connectivity index (χ0v) is 16.4. The first-order valence-corrected chi connectivity index (χ1v) is 10.0. The SMILES string of the molecule is O=C(C=Cc1ccc(O)cc1)O[C@H]1[C@H](OC2CCC(O)CC2)O[C@H](CO)[C@@H](O)[C@@H]1O. The molecule has 0 radical (unpaired) electrons. The number of phenolic OH excluding ortho intramolecular Hbond substituents is 1. The topological polar surface area (TPSA) is 146 Å². The van der Waals surface area contributed by atoms with Gasteiger partial charge in [-0.1, -0.05) is 12.1 Å². The molecule has 9 heteroatoms. The number of carbonyl (C=O) groups is 1. The summed E-state index contributed by atoms with van der Waals surface area (Å²) in [5, 5.41) is 49.0. The van der Waals surface area contributed by atoms with Gasteiger partial charge in [0.15, 0.2) is 12.4 Å². The van der Waals surface area contributed by atoms with Crippen molar-refractivity contribution in [2.75, 3.05) is 6.61 Å². The second kappa shape index (κ2) is 10.3. The maximum Gasteiger partial charge on any atom is 0.331 e. The van der Waals surface area contributed by atoms with Gasteiger partial charge in [0.1, 0.15) is 24.1 Å². The number of esters is 1. The smallest absolute Gasteiger partial charge is 0.331 e. The Morgan fingerprint density at radius 1 is 1.07 bits per heavy atom. The van der Waals surface area contributed by atoms with Crippen LogP contribution in [-0.2, 0) is 19.0 Å². The van der Waals surface area contributed by atoms with Crippen LogP contribution in [0.2, 0.25) is 0 Å². The standard InChI is InChI=1S/C21H28O9/c22-11-16-18(26)19(27)20(21(29-16)28-15-8-6-14(24)7-9-15)30-17(25)10-3-12-1-4-13(23)5-2-12/h1-5,10,14-16,18-24,26-27H,6-9,11H2/t14?,15?,16-,18-,19+,20-,21-/m1/s1. The lowest BCUT2D eigenvalue weighted by molar-refractivity contribution is -0.315. The Bertz CT molecular complexity index is 712. The highest BCUT2D eigenvalue weighted by Crippen LogP contribution is 2.29. The summed E-state index contributed by atoms with van der Waals surface area (Å²) < 4.78 is 16.8. The number of aromatic hydroxyl groups is 1. The number of aliphatic hydroxyl groups is 4. The van der Waals surface area contributed by atoms with Crippen molar-refractivity contribution in [3.63, 3.8) is 0 Å². The number of carbonyl (C=O) groups excluding carboxylic acids is 1. The van der Waals surface area contributed by atoms with Gasteiger partial charge in [0, 0.05) is 6.08 Å². The minimum Gasteiger partial charge on any atom is -0.508 e.